The molecule has 2 N–H and O–H groups in total. The van der Waals surface area contributed by atoms with Crippen molar-refractivity contribution < 1.29 is 9.26 Å². The average Bonchev–Trinajstić information content (AvgIpc) is 3.02. The zero-order valence-corrected chi connectivity index (χ0v) is 12.6. The second-order valence-electron chi connectivity index (χ2n) is 4.90. The summed E-state index contributed by atoms with van der Waals surface area (Å²) in [6.45, 7) is 0.773. The monoisotopic (exact) mass is 312 g/mol. The zero-order valence-electron chi connectivity index (χ0n) is 12.6. The summed E-state index contributed by atoms with van der Waals surface area (Å²) in [5.74, 6) is 0.579. The van der Waals surface area contributed by atoms with Crippen LogP contribution in [-0.2, 0) is 6.42 Å². The molecule has 2 heterocycles. The quantitative estimate of drug-likeness (QED) is 0.724. The van der Waals surface area contributed by atoms with E-state index in [0.717, 1.165) is 24.4 Å². The van der Waals surface area contributed by atoms with Crippen molar-refractivity contribution in [2.45, 2.75) is 6.42 Å². The van der Waals surface area contributed by atoms with Crippen molar-refractivity contribution in [3.8, 4) is 17.3 Å². The van der Waals surface area contributed by atoms with Gasteiger partial charge in [0.15, 0.2) is 0 Å². The first-order valence-electron chi connectivity index (χ1n) is 7.14. The highest BCUT2D eigenvalue weighted by molar-refractivity contribution is 5.52. The van der Waals surface area contributed by atoms with Crippen molar-refractivity contribution in [3.63, 3.8) is 0 Å². The van der Waals surface area contributed by atoms with E-state index in [-0.39, 0.29) is 0 Å². The normalized spacial score (nSPS) is 10.5. The van der Waals surface area contributed by atoms with Crippen LogP contribution < -0.4 is 15.8 Å². The molecule has 0 saturated carbocycles. The fraction of sp³-hybridized carbons (Fsp3) is 0.188. The van der Waals surface area contributed by atoms with Gasteiger partial charge in [0, 0.05) is 6.54 Å². The van der Waals surface area contributed by atoms with Gasteiger partial charge >= 0.3 is 5.76 Å². The zero-order chi connectivity index (χ0) is 16.1. The van der Waals surface area contributed by atoms with E-state index in [1.165, 1.54) is 5.56 Å². The molecule has 118 valence electrons. The number of methoxy groups -OCH3 is 1. The predicted molar refractivity (Wildman–Crippen MR) is 85.5 cm³/mol. The van der Waals surface area contributed by atoms with Crippen molar-refractivity contribution in [1.29, 1.82) is 0 Å². The third-order valence-corrected chi connectivity index (χ3v) is 3.32. The number of hydrogen-bond donors (Lipinski definition) is 2. The van der Waals surface area contributed by atoms with Crippen LogP contribution in [0.25, 0.3) is 11.5 Å². The lowest BCUT2D eigenvalue weighted by molar-refractivity contribution is 0.387. The number of nitrogens with one attached hydrogen (secondary N) is 2. The summed E-state index contributed by atoms with van der Waals surface area (Å²) in [5, 5.41) is 6.89. The number of benzene rings is 1. The van der Waals surface area contributed by atoms with Gasteiger partial charge in [0.1, 0.15) is 11.4 Å². The minimum absolute atomic E-state index is 0.318. The number of nitrogens with zero attached hydrogens (tertiary/aromatic N) is 2. The van der Waals surface area contributed by atoms with Gasteiger partial charge < -0.3 is 10.1 Å². The lowest BCUT2D eigenvalue weighted by atomic mass is 10.1. The first-order chi connectivity index (χ1) is 11.2. The summed E-state index contributed by atoms with van der Waals surface area (Å²) in [4.78, 5) is 17.6. The Morgan fingerprint density at radius 3 is 2.91 bits per heavy atom. The highest BCUT2D eigenvalue weighted by atomic mass is 16.5. The summed E-state index contributed by atoms with van der Waals surface area (Å²) in [7, 11) is 1.66. The fourth-order valence-corrected chi connectivity index (χ4v) is 2.16. The largest absolute Gasteiger partial charge is 0.497 e. The number of ether oxygens (including phenoxy) is 1. The second kappa shape index (κ2) is 6.78. The van der Waals surface area contributed by atoms with E-state index in [1.807, 2.05) is 24.3 Å². The van der Waals surface area contributed by atoms with E-state index in [1.54, 1.807) is 19.4 Å². The predicted octanol–water partition coefficient (Wildman–Crippen LogP) is 2.09. The molecule has 0 spiro atoms. The molecule has 3 rings (SSSR count). The number of aromatic amines is 1. The molecule has 3 aromatic rings. The van der Waals surface area contributed by atoms with E-state index in [2.05, 4.69) is 31.0 Å². The number of hydrogen-bond acceptors (Lipinski definition) is 6. The van der Waals surface area contributed by atoms with Gasteiger partial charge in [0.25, 0.3) is 0 Å². The molecule has 0 saturated heterocycles. The molecule has 0 bridgehead atoms. The van der Waals surface area contributed by atoms with E-state index in [4.69, 9.17) is 4.74 Å². The van der Waals surface area contributed by atoms with Gasteiger partial charge in [-0.05, 0) is 36.2 Å². The highest BCUT2D eigenvalue weighted by Gasteiger charge is 2.05. The molecule has 0 aliphatic rings. The SMILES string of the molecule is COc1cccc(CCNc2ccc(-c3noc(=O)[nH]3)nc2)c1. The fourth-order valence-electron chi connectivity index (χ4n) is 2.16. The van der Waals surface area contributed by atoms with Crippen molar-refractivity contribution in [3.05, 3.63) is 58.7 Å². The first kappa shape index (κ1) is 14.8. The summed E-state index contributed by atoms with van der Waals surface area (Å²) >= 11 is 0. The molecule has 0 radical (unpaired) electrons. The Bertz CT molecular complexity index is 824. The number of aromatic nitrogens is 3. The topological polar surface area (TPSA) is 93.0 Å². The van der Waals surface area contributed by atoms with Crippen LogP contribution in [-0.4, -0.2) is 28.8 Å². The minimum atomic E-state index is -0.595. The van der Waals surface area contributed by atoms with Gasteiger partial charge in [0.05, 0.1) is 19.0 Å². The van der Waals surface area contributed by atoms with Gasteiger partial charge in [0.2, 0.25) is 5.82 Å². The van der Waals surface area contributed by atoms with Crippen molar-refractivity contribution >= 4 is 5.69 Å². The summed E-state index contributed by atoms with van der Waals surface area (Å²) in [5.41, 5.74) is 2.64. The van der Waals surface area contributed by atoms with E-state index in [0.29, 0.717) is 11.5 Å². The molecule has 0 aliphatic heterocycles. The molecule has 0 unspecified atom stereocenters. The third kappa shape index (κ3) is 3.76. The van der Waals surface area contributed by atoms with Gasteiger partial charge in [-0.1, -0.05) is 17.3 Å². The van der Waals surface area contributed by atoms with Crippen LogP contribution in [0.4, 0.5) is 5.69 Å². The Labute approximate surface area is 132 Å². The van der Waals surface area contributed by atoms with Gasteiger partial charge in [-0.2, -0.15) is 0 Å². The average molecular weight is 312 g/mol. The smallest absolute Gasteiger partial charge is 0.439 e. The van der Waals surface area contributed by atoms with Gasteiger partial charge in [-0.3, -0.25) is 14.5 Å². The van der Waals surface area contributed by atoms with Gasteiger partial charge in [-0.15, -0.1) is 0 Å². The number of anilines is 1. The van der Waals surface area contributed by atoms with Crippen LogP contribution in [0.1, 0.15) is 5.56 Å². The maximum absolute atomic E-state index is 10.9. The third-order valence-electron chi connectivity index (χ3n) is 3.32. The van der Waals surface area contributed by atoms with Crippen LogP contribution >= 0.6 is 0 Å². The molecule has 7 heteroatoms. The Morgan fingerprint density at radius 2 is 2.22 bits per heavy atom. The van der Waals surface area contributed by atoms with Crippen LogP contribution in [0, 0.1) is 0 Å². The van der Waals surface area contributed by atoms with Crippen molar-refractivity contribution in [2.75, 3.05) is 19.0 Å². The minimum Gasteiger partial charge on any atom is -0.497 e. The summed E-state index contributed by atoms with van der Waals surface area (Å²) in [6.07, 6.45) is 2.56. The lowest BCUT2D eigenvalue weighted by Crippen LogP contribution is -2.05. The Balaban J connectivity index is 1.57. The number of H-pyrrole nitrogens is 1. The number of rotatable bonds is 6. The van der Waals surface area contributed by atoms with Gasteiger partial charge in [-0.25, -0.2) is 4.79 Å². The van der Waals surface area contributed by atoms with Crippen LogP contribution in [0.5, 0.6) is 5.75 Å². The summed E-state index contributed by atoms with van der Waals surface area (Å²) in [6, 6.07) is 11.6. The molecular weight excluding hydrogens is 296 g/mol. The van der Waals surface area contributed by atoms with Crippen LogP contribution in [0.3, 0.4) is 0 Å². The lowest BCUT2D eigenvalue weighted by Gasteiger charge is -2.07. The molecule has 23 heavy (non-hydrogen) atoms. The molecule has 7 nitrogen and oxygen atoms in total. The van der Waals surface area contributed by atoms with E-state index in [9.17, 15) is 4.79 Å². The van der Waals surface area contributed by atoms with Crippen molar-refractivity contribution in [2.24, 2.45) is 0 Å². The highest BCUT2D eigenvalue weighted by Crippen LogP contribution is 2.15. The number of pyridine rings is 1. The summed E-state index contributed by atoms with van der Waals surface area (Å²) < 4.78 is 9.66. The second-order valence-corrected chi connectivity index (χ2v) is 4.90. The molecule has 0 atom stereocenters. The molecular formula is C16H16N4O3. The van der Waals surface area contributed by atoms with E-state index >= 15 is 0 Å². The maximum atomic E-state index is 10.9. The standard InChI is InChI=1S/C16H16N4O3/c1-22-13-4-2-3-11(9-13)7-8-17-12-5-6-14(18-10-12)15-19-16(21)23-20-15/h2-6,9-10,17H,7-8H2,1H3,(H,19,20,21). The molecule has 1 aromatic carbocycles. The Morgan fingerprint density at radius 1 is 1.30 bits per heavy atom. The van der Waals surface area contributed by atoms with Crippen LogP contribution in [0.2, 0.25) is 0 Å². The maximum Gasteiger partial charge on any atom is 0.439 e. The molecule has 0 amide bonds. The molecule has 2 aromatic heterocycles. The van der Waals surface area contributed by atoms with Crippen LogP contribution in [0.15, 0.2) is 51.9 Å². The Hall–Kier alpha value is -3.09. The Kier molecular flexibility index (Phi) is 4.37. The first-order valence-corrected chi connectivity index (χ1v) is 7.14. The van der Waals surface area contributed by atoms with E-state index < -0.39 is 5.76 Å². The van der Waals surface area contributed by atoms with Crippen molar-refractivity contribution in [1.82, 2.24) is 15.1 Å². The molecule has 0 aliphatic carbocycles. The molecule has 0 fully saturated rings.